The Labute approximate surface area is 103 Å². The summed E-state index contributed by atoms with van der Waals surface area (Å²) < 4.78 is 2.00. The van der Waals surface area contributed by atoms with E-state index in [2.05, 4.69) is 0 Å². The van der Waals surface area contributed by atoms with Gasteiger partial charge in [0.25, 0.3) is 0 Å². The zero-order chi connectivity index (χ0) is 12.5. The van der Waals surface area contributed by atoms with Crippen molar-refractivity contribution in [3.8, 4) is 0 Å². The molecular weight excluding hydrogens is 210 g/mol. The van der Waals surface area contributed by atoms with Crippen LogP contribution < -0.4 is 0 Å². The molecule has 1 aromatic carbocycles. The molecule has 0 aliphatic carbocycles. The van der Waals surface area contributed by atoms with Gasteiger partial charge in [0.15, 0.2) is 5.72 Å². The van der Waals surface area contributed by atoms with Gasteiger partial charge in [0.05, 0.1) is 0 Å². The highest BCUT2D eigenvalue weighted by Crippen LogP contribution is 2.30. The lowest BCUT2D eigenvalue weighted by Crippen LogP contribution is -2.35. The van der Waals surface area contributed by atoms with Gasteiger partial charge in [-0.05, 0) is 32.4 Å². The van der Waals surface area contributed by atoms with Crippen LogP contribution in [0.15, 0.2) is 42.5 Å². The van der Waals surface area contributed by atoms with Gasteiger partial charge >= 0.3 is 0 Å². The number of benzene rings is 1. The van der Waals surface area contributed by atoms with Crippen molar-refractivity contribution in [2.24, 2.45) is 0 Å². The zero-order valence-corrected chi connectivity index (χ0v) is 10.6. The highest BCUT2D eigenvalue weighted by Gasteiger charge is 2.30. The predicted molar refractivity (Wildman–Crippen MR) is 69.9 cm³/mol. The van der Waals surface area contributed by atoms with Gasteiger partial charge in [-0.2, -0.15) is 0 Å². The molecule has 2 heteroatoms. The summed E-state index contributed by atoms with van der Waals surface area (Å²) in [5.74, 6) is 0. The van der Waals surface area contributed by atoms with Gasteiger partial charge in [0.1, 0.15) is 0 Å². The third-order valence-corrected chi connectivity index (χ3v) is 3.37. The fourth-order valence-corrected chi connectivity index (χ4v) is 2.45. The van der Waals surface area contributed by atoms with Crippen LogP contribution in [0, 0.1) is 13.8 Å². The summed E-state index contributed by atoms with van der Waals surface area (Å²) in [4.78, 5) is 0. The molecular formula is C15H19NO. The van der Waals surface area contributed by atoms with Crippen LogP contribution in [0.5, 0.6) is 0 Å². The normalized spacial score (nSPS) is 14.6. The van der Waals surface area contributed by atoms with E-state index in [1.54, 1.807) is 0 Å². The molecule has 0 spiro atoms. The van der Waals surface area contributed by atoms with E-state index in [-0.39, 0.29) is 0 Å². The lowest BCUT2D eigenvalue weighted by Gasteiger charge is -2.32. The van der Waals surface area contributed by atoms with Crippen LogP contribution in [0.2, 0.25) is 0 Å². The Morgan fingerprint density at radius 2 is 1.53 bits per heavy atom. The van der Waals surface area contributed by atoms with E-state index in [9.17, 15) is 5.11 Å². The molecule has 0 saturated carbocycles. The van der Waals surface area contributed by atoms with Crippen LogP contribution in [0.1, 0.15) is 30.3 Å². The van der Waals surface area contributed by atoms with E-state index in [4.69, 9.17) is 0 Å². The largest absolute Gasteiger partial charge is 0.366 e. The molecule has 1 N–H and O–H groups in total. The third-order valence-electron chi connectivity index (χ3n) is 3.37. The van der Waals surface area contributed by atoms with Crippen LogP contribution in [0.4, 0.5) is 0 Å². The lowest BCUT2D eigenvalue weighted by atomic mass is 9.99. The lowest BCUT2D eigenvalue weighted by molar-refractivity contribution is -0.00172. The van der Waals surface area contributed by atoms with Gasteiger partial charge in [-0.3, -0.25) is 0 Å². The van der Waals surface area contributed by atoms with Crippen molar-refractivity contribution >= 4 is 0 Å². The highest BCUT2D eigenvalue weighted by atomic mass is 16.3. The number of aromatic nitrogens is 1. The first-order valence-electron chi connectivity index (χ1n) is 6.03. The highest BCUT2D eigenvalue weighted by molar-refractivity contribution is 5.27. The summed E-state index contributed by atoms with van der Waals surface area (Å²) in [6, 6.07) is 13.9. The quantitative estimate of drug-likeness (QED) is 0.859. The minimum Gasteiger partial charge on any atom is -0.366 e. The maximum atomic E-state index is 11.0. The Bertz CT molecular complexity index is 481. The number of rotatable bonds is 3. The molecule has 1 atom stereocenters. The van der Waals surface area contributed by atoms with Crippen LogP contribution in [0.3, 0.4) is 0 Å². The second-order valence-corrected chi connectivity index (χ2v) is 4.49. The molecule has 17 heavy (non-hydrogen) atoms. The van der Waals surface area contributed by atoms with Gasteiger partial charge in [-0.15, -0.1) is 0 Å². The van der Waals surface area contributed by atoms with Crippen molar-refractivity contribution in [1.82, 2.24) is 4.57 Å². The summed E-state index contributed by atoms with van der Waals surface area (Å²) in [6.45, 7) is 6.05. The summed E-state index contributed by atoms with van der Waals surface area (Å²) >= 11 is 0. The molecule has 0 fully saturated rings. The fraction of sp³-hybridized carbons (Fsp3) is 0.333. The molecule has 90 valence electrons. The molecule has 2 aromatic rings. The zero-order valence-electron chi connectivity index (χ0n) is 10.6. The minimum absolute atomic E-state index is 0.646. The molecule has 0 saturated heterocycles. The molecule has 0 aliphatic heterocycles. The molecule has 1 aromatic heterocycles. The van der Waals surface area contributed by atoms with Gasteiger partial charge in [0.2, 0.25) is 0 Å². The average Bonchev–Trinajstić information content (AvgIpc) is 2.70. The first-order valence-corrected chi connectivity index (χ1v) is 6.03. The molecule has 2 nitrogen and oxygen atoms in total. The third kappa shape index (κ3) is 1.89. The van der Waals surface area contributed by atoms with Crippen molar-refractivity contribution < 1.29 is 5.11 Å². The average molecular weight is 229 g/mol. The van der Waals surface area contributed by atoms with Crippen LogP contribution in [-0.2, 0) is 5.72 Å². The topological polar surface area (TPSA) is 25.2 Å². The van der Waals surface area contributed by atoms with E-state index in [1.165, 1.54) is 0 Å². The summed E-state index contributed by atoms with van der Waals surface area (Å²) in [5, 5.41) is 11.0. The van der Waals surface area contributed by atoms with E-state index in [1.807, 2.05) is 67.8 Å². The molecule has 1 unspecified atom stereocenters. The van der Waals surface area contributed by atoms with Crippen LogP contribution >= 0.6 is 0 Å². The number of aliphatic hydroxyl groups is 1. The summed E-state index contributed by atoms with van der Waals surface area (Å²) in [7, 11) is 0. The number of hydrogen-bond acceptors (Lipinski definition) is 1. The van der Waals surface area contributed by atoms with Gasteiger partial charge in [-0.1, -0.05) is 37.3 Å². The van der Waals surface area contributed by atoms with Crippen molar-refractivity contribution in [3.63, 3.8) is 0 Å². The monoisotopic (exact) mass is 229 g/mol. The molecule has 0 bridgehead atoms. The van der Waals surface area contributed by atoms with Crippen molar-refractivity contribution in [2.75, 3.05) is 0 Å². The van der Waals surface area contributed by atoms with E-state index >= 15 is 0 Å². The smallest absolute Gasteiger partial charge is 0.167 e. The fourth-order valence-electron chi connectivity index (χ4n) is 2.45. The summed E-state index contributed by atoms with van der Waals surface area (Å²) in [5.41, 5.74) is 2.15. The van der Waals surface area contributed by atoms with E-state index in [0.717, 1.165) is 17.0 Å². The summed E-state index contributed by atoms with van der Waals surface area (Å²) in [6.07, 6.45) is 0.646. The minimum atomic E-state index is -0.946. The predicted octanol–water partition coefficient (Wildman–Crippen LogP) is 3.21. The van der Waals surface area contributed by atoms with E-state index < -0.39 is 5.72 Å². The number of hydrogen-bond donors (Lipinski definition) is 1. The number of nitrogens with zero attached hydrogens (tertiary/aromatic N) is 1. The van der Waals surface area contributed by atoms with E-state index in [0.29, 0.717) is 6.42 Å². The Hall–Kier alpha value is -1.54. The first kappa shape index (κ1) is 11.9. The first-order chi connectivity index (χ1) is 8.09. The maximum absolute atomic E-state index is 11.0. The standard InChI is InChI=1S/C15H19NO/c1-4-15(17,14-8-6-5-7-9-14)16-12(2)10-11-13(16)3/h5-11,17H,4H2,1-3H3. The second-order valence-electron chi connectivity index (χ2n) is 4.49. The maximum Gasteiger partial charge on any atom is 0.167 e. The van der Waals surface area contributed by atoms with Crippen molar-refractivity contribution in [1.29, 1.82) is 0 Å². The van der Waals surface area contributed by atoms with Gasteiger partial charge in [-0.25, -0.2) is 0 Å². The molecule has 0 radical (unpaired) electrons. The molecule has 1 heterocycles. The molecule has 0 amide bonds. The Morgan fingerprint density at radius 1 is 1.00 bits per heavy atom. The Balaban J connectivity index is 2.60. The van der Waals surface area contributed by atoms with Crippen LogP contribution in [-0.4, -0.2) is 9.67 Å². The second kappa shape index (κ2) is 4.38. The Kier molecular flexibility index (Phi) is 3.07. The number of aryl methyl sites for hydroxylation is 2. The van der Waals surface area contributed by atoms with Crippen LogP contribution in [0.25, 0.3) is 0 Å². The molecule has 2 rings (SSSR count). The SMILES string of the molecule is CCC(O)(c1ccccc1)n1c(C)ccc1C. The Morgan fingerprint density at radius 3 is 2.00 bits per heavy atom. The van der Waals surface area contributed by atoms with Gasteiger partial charge < -0.3 is 9.67 Å². The van der Waals surface area contributed by atoms with Crippen molar-refractivity contribution in [2.45, 2.75) is 32.9 Å². The molecule has 0 aliphatic rings. The van der Waals surface area contributed by atoms with Crippen molar-refractivity contribution in [3.05, 3.63) is 59.4 Å². The van der Waals surface area contributed by atoms with Gasteiger partial charge in [0, 0.05) is 17.0 Å².